The average Bonchev–Trinajstić information content (AvgIpc) is 2.75. The average molecular weight is 432 g/mol. The van der Waals surface area contributed by atoms with Crippen LogP contribution in [-0.4, -0.2) is 50.1 Å². The standard InChI is InChI=1S/C22H26ClN3O4/c1-29-17-8-7-16(20(11-17)30-2)14-26-10-9-24-22(28)19(26)12-21(27)25-13-15-5-3-4-6-18(15)23/h3-8,11,19H,9-10,12-14H2,1-2H3,(H,24,28)(H,25,27). The van der Waals surface area contributed by atoms with Crippen LogP contribution in [0.2, 0.25) is 5.02 Å². The molecule has 1 saturated heterocycles. The van der Waals surface area contributed by atoms with E-state index in [2.05, 4.69) is 10.6 Å². The number of piperazine rings is 1. The lowest BCUT2D eigenvalue weighted by molar-refractivity contribution is -0.134. The van der Waals surface area contributed by atoms with E-state index in [0.29, 0.717) is 42.7 Å². The summed E-state index contributed by atoms with van der Waals surface area (Å²) >= 11 is 6.14. The summed E-state index contributed by atoms with van der Waals surface area (Å²) in [7, 11) is 3.20. The number of hydrogen-bond donors (Lipinski definition) is 2. The Hall–Kier alpha value is -2.77. The number of nitrogens with one attached hydrogen (secondary N) is 2. The third kappa shape index (κ3) is 5.43. The monoisotopic (exact) mass is 431 g/mol. The molecule has 2 aromatic rings. The number of carbonyl (C=O) groups excluding carboxylic acids is 2. The van der Waals surface area contributed by atoms with Gasteiger partial charge in [0.05, 0.1) is 26.7 Å². The lowest BCUT2D eigenvalue weighted by atomic mass is 10.1. The molecule has 0 aromatic heterocycles. The van der Waals surface area contributed by atoms with Crippen LogP contribution in [0.15, 0.2) is 42.5 Å². The van der Waals surface area contributed by atoms with Gasteiger partial charge in [0.15, 0.2) is 0 Å². The Kier molecular flexibility index (Phi) is 7.54. The first-order valence-corrected chi connectivity index (χ1v) is 10.1. The zero-order chi connectivity index (χ0) is 21.5. The molecule has 7 nitrogen and oxygen atoms in total. The lowest BCUT2D eigenvalue weighted by Crippen LogP contribution is -2.56. The van der Waals surface area contributed by atoms with E-state index in [0.717, 1.165) is 11.1 Å². The summed E-state index contributed by atoms with van der Waals surface area (Å²) < 4.78 is 10.7. The second-order valence-corrected chi connectivity index (χ2v) is 7.43. The van der Waals surface area contributed by atoms with Gasteiger partial charge in [-0.25, -0.2) is 0 Å². The van der Waals surface area contributed by atoms with Crippen LogP contribution in [0.5, 0.6) is 11.5 Å². The molecule has 1 heterocycles. The van der Waals surface area contributed by atoms with Crippen molar-refractivity contribution in [3.8, 4) is 11.5 Å². The highest BCUT2D eigenvalue weighted by Gasteiger charge is 2.32. The smallest absolute Gasteiger partial charge is 0.237 e. The van der Waals surface area contributed by atoms with Crippen molar-refractivity contribution in [3.05, 3.63) is 58.6 Å². The topological polar surface area (TPSA) is 79.9 Å². The van der Waals surface area contributed by atoms with Gasteiger partial charge in [-0.1, -0.05) is 35.9 Å². The number of ether oxygens (including phenoxy) is 2. The van der Waals surface area contributed by atoms with Crippen LogP contribution in [0.25, 0.3) is 0 Å². The summed E-state index contributed by atoms with van der Waals surface area (Å²) in [6.45, 7) is 1.99. The van der Waals surface area contributed by atoms with Crippen molar-refractivity contribution < 1.29 is 19.1 Å². The highest BCUT2D eigenvalue weighted by molar-refractivity contribution is 6.31. The van der Waals surface area contributed by atoms with Crippen molar-refractivity contribution >= 4 is 23.4 Å². The summed E-state index contributed by atoms with van der Waals surface area (Å²) in [5.74, 6) is 1.02. The third-order valence-electron chi connectivity index (χ3n) is 5.12. The van der Waals surface area contributed by atoms with Crippen molar-refractivity contribution in [3.63, 3.8) is 0 Å². The number of methoxy groups -OCH3 is 2. The van der Waals surface area contributed by atoms with E-state index in [1.807, 2.05) is 41.3 Å². The quantitative estimate of drug-likeness (QED) is 0.670. The van der Waals surface area contributed by atoms with Crippen molar-refractivity contribution in [1.29, 1.82) is 0 Å². The number of carbonyl (C=O) groups is 2. The van der Waals surface area contributed by atoms with E-state index >= 15 is 0 Å². The van der Waals surface area contributed by atoms with Crippen LogP contribution in [0, 0.1) is 0 Å². The first-order chi connectivity index (χ1) is 14.5. The summed E-state index contributed by atoms with van der Waals surface area (Å²) in [6, 6.07) is 12.4. The number of amides is 2. The van der Waals surface area contributed by atoms with Crippen molar-refractivity contribution in [1.82, 2.24) is 15.5 Å². The molecule has 0 aliphatic carbocycles. The molecule has 1 atom stereocenters. The number of nitrogens with zero attached hydrogens (tertiary/aromatic N) is 1. The predicted molar refractivity (Wildman–Crippen MR) is 115 cm³/mol. The second-order valence-electron chi connectivity index (χ2n) is 7.03. The Labute approximate surface area is 181 Å². The van der Waals surface area contributed by atoms with Crippen LogP contribution in [-0.2, 0) is 22.7 Å². The molecule has 3 rings (SSSR count). The number of hydrogen-bond acceptors (Lipinski definition) is 5. The van der Waals surface area contributed by atoms with E-state index in [4.69, 9.17) is 21.1 Å². The molecular formula is C22H26ClN3O4. The van der Waals surface area contributed by atoms with Gasteiger partial charge in [-0.05, 0) is 17.7 Å². The van der Waals surface area contributed by atoms with Gasteiger partial charge in [-0.15, -0.1) is 0 Å². The SMILES string of the molecule is COc1ccc(CN2CCNC(=O)C2CC(=O)NCc2ccccc2Cl)c(OC)c1. The van der Waals surface area contributed by atoms with Gasteiger partial charge in [0, 0.05) is 42.8 Å². The van der Waals surface area contributed by atoms with E-state index < -0.39 is 6.04 Å². The molecule has 0 saturated carbocycles. The molecule has 30 heavy (non-hydrogen) atoms. The maximum Gasteiger partial charge on any atom is 0.237 e. The molecule has 1 fully saturated rings. The third-order valence-corrected chi connectivity index (χ3v) is 5.49. The van der Waals surface area contributed by atoms with Crippen molar-refractivity contribution in [2.75, 3.05) is 27.3 Å². The van der Waals surface area contributed by atoms with Crippen LogP contribution in [0.3, 0.4) is 0 Å². The first-order valence-electron chi connectivity index (χ1n) is 9.74. The fraction of sp³-hybridized carbons (Fsp3) is 0.364. The maximum absolute atomic E-state index is 12.5. The fourth-order valence-electron chi connectivity index (χ4n) is 3.46. The molecule has 2 N–H and O–H groups in total. The molecule has 1 unspecified atom stereocenters. The summed E-state index contributed by atoms with van der Waals surface area (Å²) in [6.07, 6.45) is 0.0642. The summed E-state index contributed by atoms with van der Waals surface area (Å²) in [4.78, 5) is 27.1. The molecule has 1 aliphatic heterocycles. The molecule has 0 spiro atoms. The highest BCUT2D eigenvalue weighted by Crippen LogP contribution is 2.27. The molecule has 0 radical (unpaired) electrons. The number of rotatable bonds is 8. The molecule has 160 valence electrons. The van der Waals surface area contributed by atoms with Crippen LogP contribution in [0.1, 0.15) is 17.5 Å². The minimum atomic E-state index is -0.559. The second kappa shape index (κ2) is 10.3. The normalized spacial score (nSPS) is 16.6. The maximum atomic E-state index is 12.5. The summed E-state index contributed by atoms with van der Waals surface area (Å²) in [5.41, 5.74) is 1.76. The first kappa shape index (κ1) is 21.9. The lowest BCUT2D eigenvalue weighted by Gasteiger charge is -2.35. The van der Waals surface area contributed by atoms with Gasteiger partial charge in [0.2, 0.25) is 11.8 Å². The van der Waals surface area contributed by atoms with E-state index in [1.54, 1.807) is 20.3 Å². The van der Waals surface area contributed by atoms with Crippen LogP contribution < -0.4 is 20.1 Å². The molecular weight excluding hydrogens is 406 g/mol. The fourth-order valence-corrected chi connectivity index (χ4v) is 3.66. The zero-order valence-electron chi connectivity index (χ0n) is 17.1. The van der Waals surface area contributed by atoms with Gasteiger partial charge in [-0.2, -0.15) is 0 Å². The molecule has 0 bridgehead atoms. The van der Waals surface area contributed by atoms with Gasteiger partial charge >= 0.3 is 0 Å². The highest BCUT2D eigenvalue weighted by atomic mass is 35.5. The Bertz CT molecular complexity index is 906. The Morgan fingerprint density at radius 2 is 2.00 bits per heavy atom. The minimum absolute atomic E-state index is 0.0642. The van der Waals surface area contributed by atoms with Gasteiger partial charge in [-0.3, -0.25) is 14.5 Å². The van der Waals surface area contributed by atoms with E-state index in [-0.39, 0.29) is 18.2 Å². The molecule has 1 aliphatic rings. The van der Waals surface area contributed by atoms with Crippen molar-refractivity contribution in [2.45, 2.75) is 25.6 Å². The minimum Gasteiger partial charge on any atom is -0.497 e. The summed E-state index contributed by atoms with van der Waals surface area (Å²) in [5, 5.41) is 6.31. The zero-order valence-corrected chi connectivity index (χ0v) is 17.9. The Balaban J connectivity index is 1.67. The predicted octanol–water partition coefficient (Wildman–Crippen LogP) is 2.36. The largest absolute Gasteiger partial charge is 0.497 e. The number of halogens is 1. The Morgan fingerprint density at radius 1 is 1.20 bits per heavy atom. The number of benzene rings is 2. The molecule has 8 heteroatoms. The van der Waals surface area contributed by atoms with Crippen LogP contribution >= 0.6 is 11.6 Å². The molecule has 2 amide bonds. The van der Waals surface area contributed by atoms with Crippen molar-refractivity contribution in [2.24, 2.45) is 0 Å². The van der Waals surface area contributed by atoms with Gasteiger partial charge in [0.1, 0.15) is 11.5 Å². The Morgan fingerprint density at radius 3 is 2.73 bits per heavy atom. The van der Waals surface area contributed by atoms with Crippen LogP contribution in [0.4, 0.5) is 0 Å². The van der Waals surface area contributed by atoms with E-state index in [9.17, 15) is 9.59 Å². The molecule has 2 aromatic carbocycles. The van der Waals surface area contributed by atoms with Gasteiger partial charge in [0.25, 0.3) is 0 Å². The van der Waals surface area contributed by atoms with Gasteiger partial charge < -0.3 is 20.1 Å². The van der Waals surface area contributed by atoms with E-state index in [1.165, 1.54) is 0 Å².